The van der Waals surface area contributed by atoms with Crippen LogP contribution in [0.15, 0.2) is 18.2 Å². The van der Waals surface area contributed by atoms with E-state index in [0.29, 0.717) is 12.3 Å². The smallest absolute Gasteiger partial charge is 0.241 e. The Bertz CT molecular complexity index is 449. The molecule has 0 spiro atoms. The Hall–Kier alpha value is -1.26. The first-order chi connectivity index (χ1) is 8.56. The standard InChI is InChI=1S/C14H20N2O2.ClH/c1-9(2)7-12(15)14(17)16-11-3-4-13-10(8-11)5-6-18-13;/h3-4,8-9,12H,5-7,15H2,1-2H3,(H,16,17);1H/t12-;/m0./s1. The largest absolute Gasteiger partial charge is 0.493 e. The lowest BCUT2D eigenvalue weighted by Crippen LogP contribution is -2.36. The number of hydrogen-bond acceptors (Lipinski definition) is 3. The molecule has 19 heavy (non-hydrogen) atoms. The Labute approximate surface area is 120 Å². The zero-order chi connectivity index (χ0) is 13.1. The summed E-state index contributed by atoms with van der Waals surface area (Å²) in [7, 11) is 0. The molecule has 4 nitrogen and oxygen atoms in total. The number of rotatable bonds is 4. The molecule has 1 aliphatic rings. The minimum Gasteiger partial charge on any atom is -0.493 e. The van der Waals surface area contributed by atoms with Crippen molar-refractivity contribution >= 4 is 24.0 Å². The third kappa shape index (κ3) is 4.11. The predicted molar refractivity (Wildman–Crippen MR) is 78.9 cm³/mol. The molecule has 5 heteroatoms. The van der Waals surface area contributed by atoms with E-state index >= 15 is 0 Å². The van der Waals surface area contributed by atoms with E-state index in [1.807, 2.05) is 18.2 Å². The third-order valence-electron chi connectivity index (χ3n) is 3.02. The first kappa shape index (κ1) is 15.8. The molecular formula is C14H21ClN2O2. The number of amides is 1. The number of ether oxygens (including phenoxy) is 1. The van der Waals surface area contributed by atoms with Gasteiger partial charge in [-0.2, -0.15) is 0 Å². The molecule has 1 amide bonds. The maximum Gasteiger partial charge on any atom is 0.241 e. The lowest BCUT2D eigenvalue weighted by Gasteiger charge is -2.14. The number of fused-ring (bicyclic) bond motifs is 1. The predicted octanol–water partition coefficient (Wildman–Crippen LogP) is 2.36. The van der Waals surface area contributed by atoms with Crippen LogP contribution in [0.4, 0.5) is 5.69 Å². The molecule has 1 heterocycles. The number of anilines is 1. The van der Waals surface area contributed by atoms with Crippen molar-refractivity contribution < 1.29 is 9.53 Å². The summed E-state index contributed by atoms with van der Waals surface area (Å²) in [4.78, 5) is 11.9. The van der Waals surface area contributed by atoms with Crippen molar-refractivity contribution in [3.05, 3.63) is 23.8 Å². The summed E-state index contributed by atoms with van der Waals surface area (Å²) < 4.78 is 5.42. The van der Waals surface area contributed by atoms with E-state index in [-0.39, 0.29) is 18.3 Å². The Morgan fingerprint density at radius 2 is 2.21 bits per heavy atom. The Morgan fingerprint density at radius 3 is 2.89 bits per heavy atom. The highest BCUT2D eigenvalue weighted by atomic mass is 35.5. The number of nitrogens with two attached hydrogens (primary N) is 1. The summed E-state index contributed by atoms with van der Waals surface area (Å²) in [6, 6.07) is 5.26. The number of benzene rings is 1. The SMILES string of the molecule is CC(C)C[C@H](N)C(=O)Nc1ccc2c(c1)CCO2.Cl. The third-order valence-corrected chi connectivity index (χ3v) is 3.02. The van der Waals surface area contributed by atoms with Crippen LogP contribution in [-0.2, 0) is 11.2 Å². The number of hydrogen-bond donors (Lipinski definition) is 2. The van der Waals surface area contributed by atoms with E-state index < -0.39 is 6.04 Å². The maximum atomic E-state index is 11.9. The van der Waals surface area contributed by atoms with Crippen molar-refractivity contribution in [3.8, 4) is 5.75 Å². The minimum absolute atomic E-state index is 0. The van der Waals surface area contributed by atoms with Crippen LogP contribution in [0.2, 0.25) is 0 Å². The van der Waals surface area contributed by atoms with Crippen LogP contribution in [0.25, 0.3) is 0 Å². The van der Waals surface area contributed by atoms with E-state index in [1.54, 1.807) is 0 Å². The fourth-order valence-corrected chi connectivity index (χ4v) is 2.11. The molecule has 0 radical (unpaired) electrons. The van der Waals surface area contributed by atoms with Gasteiger partial charge in [0.25, 0.3) is 0 Å². The van der Waals surface area contributed by atoms with Crippen LogP contribution < -0.4 is 15.8 Å². The molecule has 0 saturated carbocycles. The van der Waals surface area contributed by atoms with Crippen molar-refractivity contribution in [2.45, 2.75) is 32.7 Å². The lowest BCUT2D eigenvalue weighted by molar-refractivity contribution is -0.117. The van der Waals surface area contributed by atoms with Gasteiger partial charge in [-0.15, -0.1) is 12.4 Å². The van der Waals surface area contributed by atoms with E-state index in [9.17, 15) is 4.79 Å². The summed E-state index contributed by atoms with van der Waals surface area (Å²) in [5, 5.41) is 2.86. The fourth-order valence-electron chi connectivity index (χ4n) is 2.11. The molecular weight excluding hydrogens is 264 g/mol. The van der Waals surface area contributed by atoms with Gasteiger partial charge in [-0.3, -0.25) is 4.79 Å². The van der Waals surface area contributed by atoms with Gasteiger partial charge in [-0.1, -0.05) is 13.8 Å². The van der Waals surface area contributed by atoms with Crippen LogP contribution in [0.1, 0.15) is 25.8 Å². The van der Waals surface area contributed by atoms with E-state index in [1.165, 1.54) is 0 Å². The van der Waals surface area contributed by atoms with E-state index in [2.05, 4.69) is 19.2 Å². The number of halogens is 1. The van der Waals surface area contributed by atoms with Gasteiger partial charge in [0.15, 0.2) is 0 Å². The fraction of sp³-hybridized carbons (Fsp3) is 0.500. The molecule has 1 aromatic rings. The highest BCUT2D eigenvalue weighted by Gasteiger charge is 2.17. The van der Waals surface area contributed by atoms with E-state index in [0.717, 1.165) is 30.0 Å². The molecule has 3 N–H and O–H groups in total. The second kappa shape index (κ2) is 6.78. The van der Waals surface area contributed by atoms with Gasteiger partial charge in [0.2, 0.25) is 5.91 Å². The summed E-state index contributed by atoms with van der Waals surface area (Å²) in [6.07, 6.45) is 1.59. The first-order valence-electron chi connectivity index (χ1n) is 6.38. The van der Waals surface area contributed by atoms with Crippen molar-refractivity contribution in [1.82, 2.24) is 0 Å². The van der Waals surface area contributed by atoms with Crippen LogP contribution in [0.5, 0.6) is 5.75 Å². The number of nitrogens with one attached hydrogen (secondary N) is 1. The zero-order valence-electron chi connectivity index (χ0n) is 11.3. The van der Waals surface area contributed by atoms with Gasteiger partial charge in [-0.25, -0.2) is 0 Å². The van der Waals surface area contributed by atoms with Gasteiger partial charge >= 0.3 is 0 Å². The van der Waals surface area contributed by atoms with Crippen LogP contribution in [0.3, 0.4) is 0 Å². The quantitative estimate of drug-likeness (QED) is 0.892. The van der Waals surface area contributed by atoms with Crippen molar-refractivity contribution in [2.75, 3.05) is 11.9 Å². The average Bonchev–Trinajstić information content (AvgIpc) is 2.75. The average molecular weight is 285 g/mol. The van der Waals surface area contributed by atoms with Crippen molar-refractivity contribution in [3.63, 3.8) is 0 Å². The zero-order valence-corrected chi connectivity index (χ0v) is 12.1. The molecule has 1 atom stereocenters. The maximum absolute atomic E-state index is 11.9. The monoisotopic (exact) mass is 284 g/mol. The highest BCUT2D eigenvalue weighted by Crippen LogP contribution is 2.27. The minimum atomic E-state index is -0.450. The normalized spacial score (nSPS) is 14.3. The summed E-state index contributed by atoms with van der Waals surface area (Å²) in [6.45, 7) is 4.83. The lowest BCUT2D eigenvalue weighted by atomic mass is 10.0. The van der Waals surface area contributed by atoms with Crippen LogP contribution >= 0.6 is 12.4 Å². The number of carbonyl (C=O) groups excluding carboxylic acids is 1. The van der Waals surface area contributed by atoms with E-state index in [4.69, 9.17) is 10.5 Å². The molecule has 1 aliphatic heterocycles. The first-order valence-corrected chi connectivity index (χ1v) is 6.38. The van der Waals surface area contributed by atoms with Gasteiger partial charge in [0.05, 0.1) is 12.6 Å². The Morgan fingerprint density at radius 1 is 1.47 bits per heavy atom. The Balaban J connectivity index is 0.00000180. The summed E-state index contributed by atoms with van der Waals surface area (Å²) >= 11 is 0. The van der Waals surface area contributed by atoms with Gasteiger partial charge in [-0.05, 0) is 36.1 Å². The molecule has 1 aromatic carbocycles. The summed E-state index contributed by atoms with van der Waals surface area (Å²) in [5.74, 6) is 1.21. The molecule has 0 saturated heterocycles. The molecule has 0 aromatic heterocycles. The second-order valence-electron chi connectivity index (χ2n) is 5.15. The van der Waals surface area contributed by atoms with Gasteiger partial charge < -0.3 is 15.8 Å². The van der Waals surface area contributed by atoms with Gasteiger partial charge in [0.1, 0.15) is 5.75 Å². The molecule has 0 unspecified atom stereocenters. The van der Waals surface area contributed by atoms with Crippen LogP contribution in [0, 0.1) is 5.92 Å². The molecule has 0 bridgehead atoms. The molecule has 0 aliphatic carbocycles. The molecule has 0 fully saturated rings. The van der Waals surface area contributed by atoms with Crippen molar-refractivity contribution in [1.29, 1.82) is 0 Å². The Kier molecular flexibility index (Phi) is 5.63. The van der Waals surface area contributed by atoms with Crippen molar-refractivity contribution in [2.24, 2.45) is 11.7 Å². The highest BCUT2D eigenvalue weighted by molar-refractivity contribution is 5.94. The molecule has 106 valence electrons. The molecule has 2 rings (SSSR count). The summed E-state index contributed by atoms with van der Waals surface area (Å²) in [5.41, 5.74) is 7.78. The topological polar surface area (TPSA) is 64.4 Å². The number of carbonyl (C=O) groups is 1. The van der Waals surface area contributed by atoms with Gasteiger partial charge in [0, 0.05) is 12.1 Å². The van der Waals surface area contributed by atoms with Crippen LogP contribution in [-0.4, -0.2) is 18.6 Å². The second-order valence-corrected chi connectivity index (χ2v) is 5.15.